The highest BCUT2D eigenvalue weighted by molar-refractivity contribution is 5.81. The van der Waals surface area contributed by atoms with Gasteiger partial charge in [0.15, 0.2) is 0 Å². The van der Waals surface area contributed by atoms with E-state index in [0.29, 0.717) is 4.68 Å². The summed E-state index contributed by atoms with van der Waals surface area (Å²) in [6.07, 6.45) is -5.60. The number of rotatable bonds is 5. The molecule has 0 saturated heterocycles. The third kappa shape index (κ3) is 5.43. The molecule has 0 aliphatic heterocycles. The molecule has 1 aromatic carbocycles. The van der Waals surface area contributed by atoms with Gasteiger partial charge in [-0.2, -0.15) is 23.5 Å². The minimum absolute atomic E-state index is 0.123. The van der Waals surface area contributed by atoms with Gasteiger partial charge in [-0.15, -0.1) is 0 Å². The van der Waals surface area contributed by atoms with Crippen LogP contribution in [0.5, 0.6) is 5.75 Å². The van der Waals surface area contributed by atoms with Crippen LogP contribution in [0.1, 0.15) is 44.9 Å². The van der Waals surface area contributed by atoms with Crippen molar-refractivity contribution in [2.24, 2.45) is 0 Å². The van der Waals surface area contributed by atoms with E-state index in [0.717, 1.165) is 19.1 Å². The van der Waals surface area contributed by atoms with E-state index in [2.05, 4.69) is 10.4 Å². The second-order valence-electron chi connectivity index (χ2n) is 7.96. The Morgan fingerprint density at radius 3 is 2.52 bits per heavy atom. The van der Waals surface area contributed by atoms with Gasteiger partial charge in [0.05, 0.1) is 22.6 Å². The molecule has 0 saturated carbocycles. The first kappa shape index (κ1) is 25.2. The van der Waals surface area contributed by atoms with Gasteiger partial charge in [-0.25, -0.2) is 9.48 Å². The number of nitro groups is 1. The van der Waals surface area contributed by atoms with Crippen molar-refractivity contribution in [3.63, 3.8) is 0 Å². The quantitative estimate of drug-likeness (QED) is 0.438. The molecule has 1 aromatic heterocycles. The highest BCUT2D eigenvalue weighted by Crippen LogP contribution is 2.42. The van der Waals surface area contributed by atoms with Crippen LogP contribution in [0, 0.1) is 21.4 Å². The number of carbonyl (C=O) groups excluding carboxylic acids is 1. The molecule has 2 rings (SSSR count). The number of nitrogens with zero attached hydrogens (tertiary/aromatic N) is 4. The zero-order valence-electron chi connectivity index (χ0n) is 18.0. The van der Waals surface area contributed by atoms with Gasteiger partial charge < -0.3 is 20.9 Å². The number of benzene rings is 1. The topological polar surface area (TPSA) is 169 Å². The Morgan fingerprint density at radius 2 is 2.03 bits per heavy atom. The van der Waals surface area contributed by atoms with Crippen molar-refractivity contribution in [2.45, 2.75) is 52.1 Å². The van der Waals surface area contributed by atoms with Gasteiger partial charge >= 0.3 is 18.0 Å². The van der Waals surface area contributed by atoms with Crippen molar-refractivity contribution in [1.82, 2.24) is 15.1 Å². The summed E-state index contributed by atoms with van der Waals surface area (Å²) in [6, 6.07) is 1.70. The first-order valence-electron chi connectivity index (χ1n) is 9.39. The summed E-state index contributed by atoms with van der Waals surface area (Å²) < 4.78 is 44.8. The van der Waals surface area contributed by atoms with Gasteiger partial charge in [0.25, 0.3) is 0 Å². The Morgan fingerprint density at radius 1 is 1.42 bits per heavy atom. The molecule has 1 heterocycles. The molecule has 0 spiro atoms. The second-order valence-corrected chi connectivity index (χ2v) is 7.96. The molecular weight excluding hydrogens is 449 g/mol. The van der Waals surface area contributed by atoms with Crippen LogP contribution < -0.4 is 11.1 Å². The van der Waals surface area contributed by atoms with Gasteiger partial charge in [-0.1, -0.05) is 0 Å². The molecule has 1 unspecified atom stereocenters. The number of nitrogen functional groups attached to an aromatic ring is 1. The van der Waals surface area contributed by atoms with E-state index in [1.165, 1.54) is 0 Å². The molecule has 1 amide bonds. The third-order valence-corrected chi connectivity index (χ3v) is 4.39. The number of nitrogens with two attached hydrogens (primary N) is 1. The number of hydrogen-bond acceptors (Lipinski definition) is 8. The van der Waals surface area contributed by atoms with Crippen molar-refractivity contribution < 1.29 is 32.7 Å². The van der Waals surface area contributed by atoms with Crippen LogP contribution >= 0.6 is 0 Å². The van der Waals surface area contributed by atoms with Crippen LogP contribution in [0.25, 0.3) is 11.3 Å². The van der Waals surface area contributed by atoms with Crippen molar-refractivity contribution >= 4 is 17.6 Å². The average molecular weight is 470 g/mol. The van der Waals surface area contributed by atoms with Gasteiger partial charge in [0.1, 0.15) is 34.8 Å². The number of carbonyl (C=O) groups is 1. The smallest absolute Gasteiger partial charge is 0.410 e. The minimum Gasteiger partial charge on any atom is -0.502 e. The summed E-state index contributed by atoms with van der Waals surface area (Å²) in [5.41, 5.74) is 2.56. The fourth-order valence-electron chi connectivity index (χ4n) is 2.82. The van der Waals surface area contributed by atoms with Gasteiger partial charge in [0.2, 0.25) is 5.75 Å². The average Bonchev–Trinajstić information content (AvgIpc) is 2.99. The lowest BCUT2D eigenvalue weighted by atomic mass is 10.0. The fourth-order valence-corrected chi connectivity index (χ4v) is 2.82. The van der Waals surface area contributed by atoms with Crippen LogP contribution in [0.3, 0.4) is 0 Å². The Hall–Kier alpha value is -4.02. The molecular formula is C19H21F3N6O5. The van der Waals surface area contributed by atoms with Gasteiger partial charge in [0, 0.05) is 0 Å². The van der Waals surface area contributed by atoms with E-state index in [1.807, 2.05) is 0 Å². The van der Waals surface area contributed by atoms with Crippen LogP contribution in [0.2, 0.25) is 0 Å². The summed E-state index contributed by atoms with van der Waals surface area (Å²) in [5.74, 6) is -1.57. The Labute approximate surface area is 185 Å². The van der Waals surface area contributed by atoms with E-state index >= 15 is 0 Å². The maximum atomic E-state index is 13.1. The van der Waals surface area contributed by atoms with Crippen LogP contribution in [0.4, 0.5) is 29.5 Å². The van der Waals surface area contributed by atoms with E-state index in [-0.39, 0.29) is 11.1 Å². The van der Waals surface area contributed by atoms with E-state index in [4.69, 9.17) is 10.5 Å². The third-order valence-electron chi connectivity index (χ3n) is 4.39. The number of phenols is 1. The number of phenolic OH excluding ortho intramolecular Hbond substituents is 1. The number of hydrogen-bond donors (Lipinski definition) is 3. The molecule has 2 aromatic rings. The molecule has 11 nitrogen and oxygen atoms in total. The zero-order chi connectivity index (χ0) is 25.3. The summed E-state index contributed by atoms with van der Waals surface area (Å²) in [7, 11) is 0. The molecule has 1 atom stereocenters. The van der Waals surface area contributed by atoms with Crippen LogP contribution in [-0.2, 0) is 11.3 Å². The maximum Gasteiger partial charge on any atom is 0.410 e. The SMILES string of the molecule is CC(n1nc(-c2ccc(CNC(=O)OC(C)(C)C)c([N+](=O)[O-])c2O)c(C#N)c1N)C(F)(F)F. The Balaban J connectivity index is 2.54. The first-order chi connectivity index (χ1) is 15.1. The molecule has 0 fully saturated rings. The molecule has 0 bridgehead atoms. The summed E-state index contributed by atoms with van der Waals surface area (Å²) in [4.78, 5) is 22.5. The van der Waals surface area contributed by atoms with Crippen molar-refractivity contribution in [3.8, 4) is 23.1 Å². The minimum atomic E-state index is -4.74. The number of nitro benzene ring substituents is 1. The number of anilines is 1. The largest absolute Gasteiger partial charge is 0.502 e. The molecule has 178 valence electrons. The lowest BCUT2D eigenvalue weighted by Crippen LogP contribution is -2.32. The second kappa shape index (κ2) is 8.85. The number of nitriles is 1. The van der Waals surface area contributed by atoms with E-state index in [9.17, 15) is 38.4 Å². The molecule has 0 aliphatic carbocycles. The predicted molar refractivity (Wildman–Crippen MR) is 109 cm³/mol. The lowest BCUT2D eigenvalue weighted by molar-refractivity contribution is -0.386. The van der Waals surface area contributed by atoms with E-state index in [1.54, 1.807) is 26.8 Å². The van der Waals surface area contributed by atoms with Crippen molar-refractivity contribution in [1.29, 1.82) is 5.26 Å². The number of nitrogens with one attached hydrogen (secondary N) is 1. The maximum absolute atomic E-state index is 13.1. The molecule has 0 aliphatic rings. The Bertz CT molecular complexity index is 1130. The standard InChI is InChI=1S/C19H21F3N6O5/c1-9(19(20,21)22)27-16(24)12(7-23)13(26-27)11-6-5-10(14(15(11)29)28(31)32)8-25-17(30)33-18(2,3)4/h5-6,9,29H,8,24H2,1-4H3,(H,25,30). The summed E-state index contributed by atoms with van der Waals surface area (Å²) in [5, 5.41) is 37.5. The Kier molecular flexibility index (Phi) is 6.77. The normalized spacial score (nSPS) is 12.7. The number of halogens is 3. The predicted octanol–water partition coefficient (Wildman–Crippen LogP) is 3.77. The van der Waals surface area contributed by atoms with Crippen LogP contribution in [0.15, 0.2) is 12.1 Å². The van der Waals surface area contributed by atoms with E-state index < -0.39 is 63.9 Å². The summed E-state index contributed by atoms with van der Waals surface area (Å²) in [6.45, 7) is 5.22. The number of aromatic nitrogens is 2. The zero-order valence-corrected chi connectivity index (χ0v) is 18.0. The van der Waals surface area contributed by atoms with Crippen molar-refractivity contribution in [2.75, 3.05) is 5.73 Å². The monoisotopic (exact) mass is 470 g/mol. The number of ether oxygens (including phenoxy) is 1. The first-order valence-corrected chi connectivity index (χ1v) is 9.39. The number of alkyl halides is 3. The summed E-state index contributed by atoms with van der Waals surface area (Å²) >= 11 is 0. The lowest BCUT2D eigenvalue weighted by Gasteiger charge is -2.19. The number of amides is 1. The van der Waals surface area contributed by atoms with Crippen molar-refractivity contribution in [3.05, 3.63) is 33.4 Å². The molecule has 33 heavy (non-hydrogen) atoms. The van der Waals surface area contributed by atoms with Gasteiger partial charge in [-0.3, -0.25) is 10.1 Å². The highest BCUT2D eigenvalue weighted by Gasteiger charge is 2.40. The fraction of sp³-hybridized carbons (Fsp3) is 0.421. The molecule has 4 N–H and O–H groups in total. The number of alkyl carbamates (subject to hydrolysis) is 1. The molecule has 0 radical (unpaired) electrons. The number of aromatic hydroxyl groups is 1. The van der Waals surface area contributed by atoms with Crippen LogP contribution in [-0.4, -0.2) is 37.7 Å². The highest BCUT2D eigenvalue weighted by atomic mass is 19.4. The van der Waals surface area contributed by atoms with Gasteiger partial charge in [-0.05, 0) is 39.8 Å². The molecule has 14 heteroatoms.